The van der Waals surface area contributed by atoms with Crippen LogP contribution in [-0.4, -0.2) is 12.6 Å². The molecular weight excluding hydrogens is 182 g/mol. The van der Waals surface area contributed by atoms with Crippen LogP contribution < -0.4 is 15.2 Å². The lowest BCUT2D eigenvalue weighted by atomic mass is 10.1. The van der Waals surface area contributed by atoms with Crippen molar-refractivity contribution in [3.8, 4) is 11.5 Å². The Bertz CT molecular complexity index is 428. The average molecular weight is 192 g/mol. The van der Waals surface area contributed by atoms with Crippen LogP contribution >= 0.6 is 0 Å². The number of benzene rings is 1. The third-order valence-electron chi connectivity index (χ3n) is 2.72. The Labute approximate surface area is 80.6 Å². The van der Waals surface area contributed by atoms with Crippen molar-refractivity contribution in [3.05, 3.63) is 23.3 Å². The maximum absolute atomic E-state index is 11.5. The first kappa shape index (κ1) is 7.82. The Balaban J connectivity index is 2.22. The first-order valence-electron chi connectivity index (χ1n) is 4.55. The number of hydrogen-bond acceptors (Lipinski definition) is 3. The molecule has 0 fully saturated rings. The van der Waals surface area contributed by atoms with Crippen molar-refractivity contribution in [2.45, 2.75) is 12.5 Å². The van der Waals surface area contributed by atoms with E-state index in [1.54, 1.807) is 6.07 Å². The van der Waals surface area contributed by atoms with Gasteiger partial charge in [0.15, 0.2) is 17.3 Å². The van der Waals surface area contributed by atoms with Crippen LogP contribution in [0.1, 0.15) is 28.4 Å². The summed E-state index contributed by atoms with van der Waals surface area (Å²) in [5.74, 6) is 1.55. The van der Waals surface area contributed by atoms with Crippen molar-refractivity contribution in [1.29, 1.82) is 0 Å². The number of ether oxygens (including phenoxy) is 2. The number of carbonyl (C=O) groups is 1. The Hall–Kier alpha value is -1.55. The molecule has 3 rings (SSSR count). The minimum atomic E-state index is 0.0620. The molecule has 1 aromatic rings. The largest absolute Gasteiger partial charge is 0.454 e. The number of ketones is 1. The number of quaternary nitrogens is 1. The highest BCUT2D eigenvalue weighted by atomic mass is 16.7. The van der Waals surface area contributed by atoms with Crippen LogP contribution in [0, 0.1) is 0 Å². The molecule has 0 aromatic heterocycles. The molecule has 0 radical (unpaired) electrons. The number of Topliss-reactive ketones (excluding diaryl/α,β-unsaturated/α-hetero) is 1. The highest BCUT2D eigenvalue weighted by Gasteiger charge is 2.32. The Morgan fingerprint density at radius 3 is 2.79 bits per heavy atom. The summed E-state index contributed by atoms with van der Waals surface area (Å²) in [6, 6.07) is 3.71. The van der Waals surface area contributed by atoms with Crippen LogP contribution in [0.3, 0.4) is 0 Å². The second kappa shape index (κ2) is 2.48. The van der Waals surface area contributed by atoms with E-state index in [1.807, 2.05) is 6.07 Å². The van der Waals surface area contributed by atoms with Gasteiger partial charge in [-0.1, -0.05) is 0 Å². The summed E-state index contributed by atoms with van der Waals surface area (Å²) in [6.07, 6.45) is 0.498. The van der Waals surface area contributed by atoms with Crippen molar-refractivity contribution >= 4 is 5.78 Å². The van der Waals surface area contributed by atoms with E-state index in [0.29, 0.717) is 12.2 Å². The number of rotatable bonds is 0. The predicted octanol–water partition coefficient (Wildman–Crippen LogP) is 0.285. The summed E-state index contributed by atoms with van der Waals surface area (Å²) in [5.41, 5.74) is 5.67. The minimum absolute atomic E-state index is 0.0620. The first-order valence-corrected chi connectivity index (χ1v) is 4.55. The molecule has 0 unspecified atom stereocenters. The zero-order valence-electron chi connectivity index (χ0n) is 7.58. The van der Waals surface area contributed by atoms with Gasteiger partial charge in [0.05, 0.1) is 6.42 Å². The van der Waals surface area contributed by atoms with E-state index >= 15 is 0 Å². The highest BCUT2D eigenvalue weighted by Crippen LogP contribution is 2.39. The molecule has 0 amide bonds. The Kier molecular flexibility index (Phi) is 1.39. The lowest BCUT2D eigenvalue weighted by Crippen LogP contribution is -2.52. The molecule has 0 bridgehead atoms. The molecule has 0 saturated carbocycles. The average Bonchev–Trinajstić information content (AvgIpc) is 2.70. The van der Waals surface area contributed by atoms with E-state index in [0.717, 1.165) is 16.9 Å². The third kappa shape index (κ3) is 0.886. The summed E-state index contributed by atoms with van der Waals surface area (Å²) in [4.78, 5) is 11.5. The van der Waals surface area contributed by atoms with Gasteiger partial charge >= 0.3 is 0 Å². The molecular formula is C10H10NO3+. The molecule has 1 atom stereocenters. The van der Waals surface area contributed by atoms with Gasteiger partial charge < -0.3 is 15.2 Å². The molecule has 4 heteroatoms. The quantitative estimate of drug-likeness (QED) is 0.642. The normalized spacial score (nSPS) is 22.6. The van der Waals surface area contributed by atoms with E-state index < -0.39 is 0 Å². The molecule has 14 heavy (non-hydrogen) atoms. The van der Waals surface area contributed by atoms with Gasteiger partial charge in [0, 0.05) is 11.1 Å². The highest BCUT2D eigenvalue weighted by molar-refractivity contribution is 6.01. The third-order valence-corrected chi connectivity index (χ3v) is 2.72. The maximum atomic E-state index is 11.5. The topological polar surface area (TPSA) is 63.2 Å². The van der Waals surface area contributed by atoms with E-state index in [1.165, 1.54) is 0 Å². The summed E-state index contributed by atoms with van der Waals surface area (Å²) in [5, 5.41) is 0. The van der Waals surface area contributed by atoms with E-state index in [2.05, 4.69) is 5.73 Å². The fourth-order valence-electron chi connectivity index (χ4n) is 1.98. The smallest absolute Gasteiger partial charge is 0.231 e. The SMILES string of the molecule is [NH3+][C@H]1CC(=O)c2cc3c(cc21)OCO3. The van der Waals surface area contributed by atoms with Crippen molar-refractivity contribution < 1.29 is 20.0 Å². The second-order valence-corrected chi connectivity index (χ2v) is 3.62. The van der Waals surface area contributed by atoms with Gasteiger partial charge in [0.1, 0.15) is 6.04 Å². The maximum Gasteiger partial charge on any atom is 0.231 e. The van der Waals surface area contributed by atoms with Gasteiger partial charge in [-0.2, -0.15) is 0 Å². The summed E-state index contributed by atoms with van der Waals surface area (Å²) < 4.78 is 10.5. The minimum Gasteiger partial charge on any atom is -0.454 e. The van der Waals surface area contributed by atoms with Crippen LogP contribution in [0.15, 0.2) is 12.1 Å². The van der Waals surface area contributed by atoms with E-state index in [4.69, 9.17) is 9.47 Å². The van der Waals surface area contributed by atoms with Crippen molar-refractivity contribution in [1.82, 2.24) is 0 Å². The van der Waals surface area contributed by atoms with Gasteiger partial charge in [-0.3, -0.25) is 4.79 Å². The molecule has 2 aliphatic rings. The molecule has 1 aliphatic carbocycles. The standard InChI is InChI=1S/C10H9NO3/c11-7-3-8(12)6-2-10-9(1-5(6)7)13-4-14-10/h1-2,7H,3-4,11H2/p+1/t7-/m0/s1. The fourth-order valence-corrected chi connectivity index (χ4v) is 1.98. The summed E-state index contributed by atoms with van der Waals surface area (Å²) in [6.45, 7) is 0.244. The lowest BCUT2D eigenvalue weighted by molar-refractivity contribution is -0.423. The van der Waals surface area contributed by atoms with E-state index in [-0.39, 0.29) is 18.6 Å². The molecule has 3 N–H and O–H groups in total. The summed E-state index contributed by atoms with van der Waals surface area (Å²) in [7, 11) is 0. The molecule has 1 heterocycles. The first-order chi connectivity index (χ1) is 6.75. The van der Waals surface area contributed by atoms with Crippen LogP contribution in [0.5, 0.6) is 11.5 Å². The van der Waals surface area contributed by atoms with Gasteiger partial charge in [-0.25, -0.2) is 0 Å². The van der Waals surface area contributed by atoms with Gasteiger partial charge in [-0.05, 0) is 12.1 Å². The van der Waals surface area contributed by atoms with Gasteiger partial charge in [0.25, 0.3) is 0 Å². The Morgan fingerprint density at radius 2 is 2.00 bits per heavy atom. The van der Waals surface area contributed by atoms with Crippen LogP contribution in [-0.2, 0) is 0 Å². The molecule has 0 spiro atoms. The molecule has 1 aromatic carbocycles. The number of hydrogen-bond donors (Lipinski definition) is 1. The number of carbonyl (C=O) groups excluding carboxylic acids is 1. The molecule has 4 nitrogen and oxygen atoms in total. The molecule has 1 aliphatic heterocycles. The Morgan fingerprint density at radius 1 is 1.29 bits per heavy atom. The van der Waals surface area contributed by atoms with Crippen LogP contribution in [0.25, 0.3) is 0 Å². The lowest BCUT2D eigenvalue weighted by Gasteiger charge is -2.02. The zero-order chi connectivity index (χ0) is 9.71. The molecule has 0 saturated heterocycles. The van der Waals surface area contributed by atoms with Gasteiger partial charge in [-0.15, -0.1) is 0 Å². The van der Waals surface area contributed by atoms with Gasteiger partial charge in [0.2, 0.25) is 6.79 Å². The molecule has 72 valence electrons. The van der Waals surface area contributed by atoms with Crippen LogP contribution in [0.4, 0.5) is 0 Å². The monoisotopic (exact) mass is 192 g/mol. The predicted molar refractivity (Wildman–Crippen MR) is 47.1 cm³/mol. The number of fused-ring (bicyclic) bond motifs is 2. The van der Waals surface area contributed by atoms with E-state index in [9.17, 15) is 4.79 Å². The van der Waals surface area contributed by atoms with Crippen LogP contribution in [0.2, 0.25) is 0 Å². The summed E-state index contributed by atoms with van der Waals surface area (Å²) >= 11 is 0. The van der Waals surface area contributed by atoms with Crippen molar-refractivity contribution in [2.75, 3.05) is 6.79 Å². The van der Waals surface area contributed by atoms with Crippen molar-refractivity contribution in [2.24, 2.45) is 0 Å². The van der Waals surface area contributed by atoms with Crippen molar-refractivity contribution in [3.63, 3.8) is 0 Å². The zero-order valence-corrected chi connectivity index (χ0v) is 7.58. The second-order valence-electron chi connectivity index (χ2n) is 3.62. The fraction of sp³-hybridized carbons (Fsp3) is 0.300.